The molecule has 2 saturated heterocycles. The van der Waals surface area contributed by atoms with Crippen LogP contribution in [0.15, 0.2) is 41.4 Å². The molecule has 15 heteroatoms. The molecule has 0 unspecified atom stereocenters. The van der Waals surface area contributed by atoms with Crippen molar-refractivity contribution < 1.29 is 50.9 Å². The minimum Gasteiger partial charge on any atom is -0.475 e. The maximum absolute atomic E-state index is 12.5. The third-order valence-corrected chi connectivity index (χ3v) is 6.73. The quantitative estimate of drug-likeness (QED) is 0.519. The average molecular weight is 570 g/mol. The van der Waals surface area contributed by atoms with Crippen LogP contribution in [0.25, 0.3) is 0 Å². The summed E-state index contributed by atoms with van der Waals surface area (Å²) in [5.41, 5.74) is 2.61. The Hall–Kier alpha value is -3.20. The normalized spacial score (nSPS) is 17.3. The highest BCUT2D eigenvalue weighted by molar-refractivity contribution is 7.07. The molecule has 0 saturated carbocycles. The van der Waals surface area contributed by atoms with Gasteiger partial charge in [0.15, 0.2) is 0 Å². The van der Waals surface area contributed by atoms with Crippen molar-refractivity contribution in [2.75, 3.05) is 13.1 Å². The molecule has 1 spiro atoms. The van der Waals surface area contributed by atoms with Crippen LogP contribution in [0.4, 0.5) is 26.3 Å². The number of alkyl halides is 6. The summed E-state index contributed by atoms with van der Waals surface area (Å²) < 4.78 is 63.5. The zero-order valence-corrected chi connectivity index (χ0v) is 20.7. The Kier molecular flexibility index (Phi) is 10.6. The molecule has 38 heavy (non-hydrogen) atoms. The van der Waals surface area contributed by atoms with E-state index >= 15 is 0 Å². The monoisotopic (exact) mass is 569 g/mol. The van der Waals surface area contributed by atoms with Gasteiger partial charge >= 0.3 is 24.3 Å². The molecule has 0 aliphatic carbocycles. The summed E-state index contributed by atoms with van der Waals surface area (Å²) in [4.78, 5) is 39.1. The molecular formula is C23H25F6N3O5S. The summed E-state index contributed by atoms with van der Waals surface area (Å²) >= 11 is 1.76. The molecule has 2 fully saturated rings. The van der Waals surface area contributed by atoms with Gasteiger partial charge in [-0.15, -0.1) is 0 Å². The van der Waals surface area contributed by atoms with E-state index in [9.17, 15) is 31.1 Å². The molecule has 4 heterocycles. The van der Waals surface area contributed by atoms with E-state index < -0.39 is 24.3 Å². The van der Waals surface area contributed by atoms with Crippen LogP contribution >= 0.6 is 11.3 Å². The molecular weight excluding hydrogens is 544 g/mol. The van der Waals surface area contributed by atoms with Crippen molar-refractivity contribution in [3.63, 3.8) is 0 Å². The highest BCUT2D eigenvalue weighted by atomic mass is 32.1. The molecule has 2 aromatic rings. The number of carboxylic acid groups (broad SMARTS) is 2. The van der Waals surface area contributed by atoms with E-state index in [1.165, 1.54) is 5.56 Å². The molecule has 0 radical (unpaired) electrons. The molecule has 2 aromatic heterocycles. The summed E-state index contributed by atoms with van der Waals surface area (Å²) in [7, 11) is 0. The van der Waals surface area contributed by atoms with Gasteiger partial charge in [-0.3, -0.25) is 14.7 Å². The Morgan fingerprint density at radius 1 is 0.947 bits per heavy atom. The van der Waals surface area contributed by atoms with Gasteiger partial charge in [0.25, 0.3) is 0 Å². The number of carbonyl (C=O) groups excluding carboxylic acids is 1. The fourth-order valence-corrected chi connectivity index (χ4v) is 4.75. The number of hydrogen-bond donors (Lipinski definition) is 2. The highest BCUT2D eigenvalue weighted by Gasteiger charge is 2.46. The van der Waals surface area contributed by atoms with Gasteiger partial charge in [-0.2, -0.15) is 37.7 Å². The number of carboxylic acids is 2. The van der Waals surface area contributed by atoms with E-state index in [1.807, 2.05) is 12.3 Å². The largest absolute Gasteiger partial charge is 0.490 e. The van der Waals surface area contributed by atoms with Gasteiger partial charge in [0.05, 0.1) is 0 Å². The topological polar surface area (TPSA) is 111 Å². The van der Waals surface area contributed by atoms with Crippen LogP contribution in [0.3, 0.4) is 0 Å². The first kappa shape index (κ1) is 31.0. The van der Waals surface area contributed by atoms with Crippen molar-refractivity contribution in [2.24, 2.45) is 0 Å². The van der Waals surface area contributed by atoms with Crippen LogP contribution in [-0.2, 0) is 27.5 Å². The lowest BCUT2D eigenvalue weighted by atomic mass is 9.84. The first-order chi connectivity index (χ1) is 17.6. The number of rotatable bonds is 4. The molecule has 2 aliphatic heterocycles. The number of thiophene rings is 1. The fraction of sp³-hybridized carbons (Fsp3) is 0.478. The molecule has 0 aromatic carbocycles. The van der Waals surface area contributed by atoms with Gasteiger partial charge in [-0.05, 0) is 53.3 Å². The third-order valence-electron chi connectivity index (χ3n) is 6.00. The first-order valence-corrected chi connectivity index (χ1v) is 12.1. The fourth-order valence-electron chi connectivity index (χ4n) is 4.09. The first-order valence-electron chi connectivity index (χ1n) is 11.2. The number of aromatic nitrogens is 1. The number of nitrogens with zero attached hydrogens (tertiary/aromatic N) is 3. The van der Waals surface area contributed by atoms with Crippen molar-refractivity contribution in [3.05, 3.63) is 52.5 Å². The van der Waals surface area contributed by atoms with Crippen LogP contribution in [0.5, 0.6) is 0 Å². The zero-order valence-electron chi connectivity index (χ0n) is 19.8. The molecule has 2 aliphatic rings. The maximum Gasteiger partial charge on any atom is 0.490 e. The second kappa shape index (κ2) is 13.0. The number of pyridine rings is 1. The van der Waals surface area contributed by atoms with E-state index in [0.29, 0.717) is 18.9 Å². The second-order valence-corrected chi connectivity index (χ2v) is 9.36. The SMILES string of the molecule is O=C(O)C(F)(F)F.O=C(O)C(F)(F)F.O=C1CCC2(CCN(Cc3ccsc3)CC2)N1Cc1cccnc1. The Morgan fingerprint density at radius 2 is 1.53 bits per heavy atom. The van der Waals surface area contributed by atoms with Gasteiger partial charge in [-0.1, -0.05) is 6.07 Å². The standard InChI is InChI=1S/C19H23N3OS.2C2HF3O2/c23-18-3-5-19(22(18)14-16-2-1-8-20-12-16)6-9-21(10-7-19)13-17-4-11-24-15-17;2*3-2(4,5)1(6)7/h1-2,4,8,11-12,15H,3,5-7,9-10,13-14H2;2*(H,6,7). The van der Waals surface area contributed by atoms with Gasteiger partial charge in [0, 0.05) is 50.5 Å². The summed E-state index contributed by atoms with van der Waals surface area (Å²) in [5, 5.41) is 18.6. The lowest BCUT2D eigenvalue weighted by molar-refractivity contribution is -0.193. The molecule has 2 N–H and O–H groups in total. The number of hydrogen-bond acceptors (Lipinski definition) is 6. The van der Waals surface area contributed by atoms with E-state index in [1.54, 1.807) is 17.5 Å². The number of halogens is 6. The smallest absolute Gasteiger partial charge is 0.475 e. The number of piperidine rings is 1. The Morgan fingerprint density at radius 3 is 1.97 bits per heavy atom. The summed E-state index contributed by atoms with van der Waals surface area (Å²) in [5.74, 6) is -5.20. The lowest BCUT2D eigenvalue weighted by Gasteiger charge is -2.45. The molecule has 210 valence electrons. The lowest BCUT2D eigenvalue weighted by Crippen LogP contribution is -2.52. The van der Waals surface area contributed by atoms with Gasteiger partial charge in [0.2, 0.25) is 5.91 Å². The number of aliphatic carboxylic acids is 2. The van der Waals surface area contributed by atoms with Crippen molar-refractivity contribution in [1.82, 2.24) is 14.8 Å². The molecule has 4 rings (SSSR count). The van der Waals surface area contributed by atoms with E-state index in [2.05, 4.69) is 37.7 Å². The summed E-state index contributed by atoms with van der Waals surface area (Å²) in [6, 6.07) is 6.23. The van der Waals surface area contributed by atoms with Crippen LogP contribution < -0.4 is 0 Å². The number of amides is 1. The molecule has 0 atom stereocenters. The van der Waals surface area contributed by atoms with Crippen molar-refractivity contribution in [1.29, 1.82) is 0 Å². The minimum atomic E-state index is -5.08. The predicted octanol–water partition coefficient (Wildman–Crippen LogP) is 4.57. The Balaban J connectivity index is 0.000000301. The average Bonchev–Trinajstić information content (AvgIpc) is 3.45. The van der Waals surface area contributed by atoms with Crippen LogP contribution in [0.2, 0.25) is 0 Å². The van der Waals surface area contributed by atoms with E-state index in [4.69, 9.17) is 19.8 Å². The second-order valence-electron chi connectivity index (χ2n) is 8.58. The van der Waals surface area contributed by atoms with Gasteiger partial charge < -0.3 is 15.1 Å². The minimum absolute atomic E-state index is 0.0675. The maximum atomic E-state index is 12.5. The van der Waals surface area contributed by atoms with Gasteiger partial charge in [-0.25, -0.2) is 9.59 Å². The van der Waals surface area contributed by atoms with Crippen molar-refractivity contribution in [2.45, 2.75) is 56.7 Å². The zero-order chi connectivity index (χ0) is 28.6. The van der Waals surface area contributed by atoms with E-state index in [-0.39, 0.29) is 5.54 Å². The molecule has 1 amide bonds. The number of carbonyl (C=O) groups is 3. The van der Waals surface area contributed by atoms with Crippen LogP contribution in [0, 0.1) is 0 Å². The molecule has 0 bridgehead atoms. The van der Waals surface area contributed by atoms with Crippen LogP contribution in [0.1, 0.15) is 36.8 Å². The van der Waals surface area contributed by atoms with Crippen molar-refractivity contribution in [3.8, 4) is 0 Å². The highest BCUT2D eigenvalue weighted by Crippen LogP contribution is 2.40. The van der Waals surface area contributed by atoms with Gasteiger partial charge in [0.1, 0.15) is 0 Å². The molecule has 8 nitrogen and oxygen atoms in total. The number of likely N-dealkylation sites (tertiary alicyclic amines) is 2. The van der Waals surface area contributed by atoms with Crippen molar-refractivity contribution >= 4 is 29.2 Å². The Bertz CT molecular complexity index is 1030. The van der Waals surface area contributed by atoms with E-state index in [0.717, 1.165) is 44.5 Å². The van der Waals surface area contributed by atoms with Crippen LogP contribution in [-0.4, -0.2) is 73.8 Å². The predicted molar refractivity (Wildman–Crippen MR) is 123 cm³/mol. The summed E-state index contributed by atoms with van der Waals surface area (Å²) in [6.45, 7) is 3.90. The third kappa shape index (κ3) is 9.28. The Labute approximate surface area is 217 Å². The summed E-state index contributed by atoms with van der Waals surface area (Å²) in [6.07, 6.45) is -2.62.